The minimum atomic E-state index is -0.559. The van der Waals surface area contributed by atoms with Crippen molar-refractivity contribution in [1.82, 2.24) is 4.90 Å². The van der Waals surface area contributed by atoms with Crippen LogP contribution in [0, 0.1) is 5.82 Å². The Balaban J connectivity index is 1.48. The molecule has 172 valence electrons. The molecule has 1 N–H and O–H groups in total. The van der Waals surface area contributed by atoms with Gasteiger partial charge in [-0.15, -0.1) is 0 Å². The number of carbonyl (C=O) groups excluding carboxylic acids is 2. The Morgan fingerprint density at radius 1 is 1.06 bits per heavy atom. The second kappa shape index (κ2) is 10.0. The third kappa shape index (κ3) is 6.70. The average Bonchev–Trinajstić information content (AvgIpc) is 2.74. The Labute approximate surface area is 189 Å². The van der Waals surface area contributed by atoms with Gasteiger partial charge in [-0.25, -0.2) is 9.18 Å². The van der Waals surface area contributed by atoms with Gasteiger partial charge in [0.25, 0.3) is 0 Å². The molecule has 0 bridgehead atoms. The number of hydrogen-bond donors (Lipinski definition) is 1. The number of benzene rings is 2. The number of nitrogens with one attached hydrogen (secondary N) is 1. The number of nitrogens with zero attached hydrogens (tertiary/aromatic N) is 2. The first-order valence-corrected chi connectivity index (χ1v) is 11.0. The van der Waals surface area contributed by atoms with Gasteiger partial charge in [0.15, 0.2) is 0 Å². The van der Waals surface area contributed by atoms with Gasteiger partial charge in [-0.05, 0) is 75.6 Å². The molecule has 7 heteroatoms. The van der Waals surface area contributed by atoms with Crippen molar-refractivity contribution in [3.05, 3.63) is 59.9 Å². The van der Waals surface area contributed by atoms with Crippen LogP contribution in [-0.2, 0) is 16.0 Å². The normalized spacial score (nSPS) is 14.7. The third-order valence-corrected chi connectivity index (χ3v) is 5.55. The van der Waals surface area contributed by atoms with Crippen LogP contribution in [0.3, 0.4) is 0 Å². The lowest BCUT2D eigenvalue weighted by molar-refractivity contribution is -0.131. The fraction of sp³-hybridized carbons (Fsp3) is 0.440. The monoisotopic (exact) mass is 441 g/mol. The van der Waals surface area contributed by atoms with Crippen molar-refractivity contribution in [2.24, 2.45) is 0 Å². The van der Waals surface area contributed by atoms with E-state index < -0.39 is 11.7 Å². The van der Waals surface area contributed by atoms with E-state index in [4.69, 9.17) is 4.74 Å². The maximum atomic E-state index is 13.1. The van der Waals surface area contributed by atoms with E-state index in [9.17, 15) is 14.0 Å². The van der Waals surface area contributed by atoms with E-state index in [0.29, 0.717) is 12.1 Å². The molecule has 0 radical (unpaired) electrons. The molecule has 1 saturated heterocycles. The molecule has 32 heavy (non-hydrogen) atoms. The van der Waals surface area contributed by atoms with Gasteiger partial charge in [-0.2, -0.15) is 0 Å². The highest BCUT2D eigenvalue weighted by atomic mass is 19.1. The van der Waals surface area contributed by atoms with Crippen molar-refractivity contribution in [3.63, 3.8) is 0 Å². The Kier molecular flexibility index (Phi) is 7.38. The van der Waals surface area contributed by atoms with Crippen LogP contribution in [0.4, 0.5) is 20.6 Å². The maximum Gasteiger partial charge on any atom is 0.412 e. The summed E-state index contributed by atoms with van der Waals surface area (Å²) in [6.07, 6.45) is 1.55. The standard InChI is InChI=1S/C25H32FN3O3/c1-25(2,3)32-24(31)27-20-9-5-18(6-10-20)17-23(30)28(4)21-13-15-29(16-14-21)22-11-7-19(26)8-12-22/h5-12,21H,13-17H2,1-4H3,(H,27,31). The Bertz CT molecular complexity index is 915. The summed E-state index contributed by atoms with van der Waals surface area (Å²) in [4.78, 5) is 28.7. The lowest BCUT2D eigenvalue weighted by Gasteiger charge is -2.38. The first-order valence-electron chi connectivity index (χ1n) is 11.0. The lowest BCUT2D eigenvalue weighted by Crippen LogP contribution is -2.46. The lowest BCUT2D eigenvalue weighted by atomic mass is 10.0. The van der Waals surface area contributed by atoms with Gasteiger partial charge in [-0.3, -0.25) is 10.1 Å². The van der Waals surface area contributed by atoms with Crippen LogP contribution in [0.1, 0.15) is 39.2 Å². The molecular formula is C25H32FN3O3. The molecule has 0 spiro atoms. The van der Waals surface area contributed by atoms with Crippen molar-refractivity contribution in [3.8, 4) is 0 Å². The van der Waals surface area contributed by atoms with E-state index in [1.807, 2.05) is 44.9 Å². The molecule has 1 heterocycles. The van der Waals surface area contributed by atoms with Crippen LogP contribution in [-0.4, -0.2) is 48.7 Å². The van der Waals surface area contributed by atoms with Crippen LogP contribution in [0.5, 0.6) is 0 Å². The highest BCUT2D eigenvalue weighted by Crippen LogP contribution is 2.23. The molecule has 2 amide bonds. The zero-order valence-electron chi connectivity index (χ0n) is 19.2. The van der Waals surface area contributed by atoms with Gasteiger partial charge in [0.2, 0.25) is 5.91 Å². The van der Waals surface area contributed by atoms with E-state index in [0.717, 1.165) is 37.2 Å². The molecule has 6 nitrogen and oxygen atoms in total. The highest BCUT2D eigenvalue weighted by Gasteiger charge is 2.25. The number of amides is 2. The molecule has 2 aromatic rings. The van der Waals surface area contributed by atoms with Gasteiger partial charge >= 0.3 is 6.09 Å². The quantitative estimate of drug-likeness (QED) is 0.721. The molecule has 0 aliphatic carbocycles. The van der Waals surface area contributed by atoms with Crippen LogP contribution < -0.4 is 10.2 Å². The van der Waals surface area contributed by atoms with Gasteiger partial charge in [-0.1, -0.05) is 12.1 Å². The van der Waals surface area contributed by atoms with Crippen molar-refractivity contribution in [2.75, 3.05) is 30.4 Å². The third-order valence-electron chi connectivity index (χ3n) is 5.55. The summed E-state index contributed by atoms with van der Waals surface area (Å²) in [5, 5.41) is 2.69. The second-order valence-electron chi connectivity index (χ2n) is 9.20. The molecule has 3 rings (SSSR count). The molecule has 1 aliphatic heterocycles. The molecule has 0 atom stereocenters. The number of ether oxygens (including phenoxy) is 1. The van der Waals surface area contributed by atoms with Crippen molar-refractivity contribution >= 4 is 23.4 Å². The fourth-order valence-corrected chi connectivity index (χ4v) is 3.79. The predicted octanol–water partition coefficient (Wildman–Crippen LogP) is 4.84. The molecule has 2 aromatic carbocycles. The van der Waals surface area contributed by atoms with Gasteiger partial charge in [0.05, 0.1) is 6.42 Å². The van der Waals surface area contributed by atoms with Crippen molar-refractivity contribution in [2.45, 2.75) is 51.7 Å². The number of piperidine rings is 1. The Hall–Kier alpha value is -3.09. The number of likely N-dealkylation sites (N-methyl/N-ethyl adjacent to an activating group) is 1. The zero-order valence-corrected chi connectivity index (χ0v) is 19.2. The number of halogens is 1. The van der Waals surface area contributed by atoms with Crippen LogP contribution in [0.15, 0.2) is 48.5 Å². The number of anilines is 2. The predicted molar refractivity (Wildman–Crippen MR) is 124 cm³/mol. The van der Waals surface area contributed by atoms with Crippen molar-refractivity contribution < 1.29 is 18.7 Å². The zero-order chi connectivity index (χ0) is 23.3. The van der Waals surface area contributed by atoms with Gasteiger partial charge in [0, 0.05) is 37.6 Å². The van der Waals surface area contributed by atoms with Crippen LogP contribution in [0.25, 0.3) is 0 Å². The molecular weight excluding hydrogens is 409 g/mol. The first-order chi connectivity index (χ1) is 15.1. The summed E-state index contributed by atoms with van der Waals surface area (Å²) < 4.78 is 18.4. The van der Waals surface area contributed by atoms with E-state index in [-0.39, 0.29) is 17.8 Å². The summed E-state index contributed by atoms with van der Waals surface area (Å²) in [6.45, 7) is 7.09. The van der Waals surface area contributed by atoms with Crippen LogP contribution >= 0.6 is 0 Å². The second-order valence-corrected chi connectivity index (χ2v) is 9.20. The SMILES string of the molecule is CN(C(=O)Cc1ccc(NC(=O)OC(C)(C)C)cc1)C1CCN(c2ccc(F)cc2)CC1. The summed E-state index contributed by atoms with van der Waals surface area (Å²) in [5.41, 5.74) is 1.96. The molecule has 0 unspecified atom stereocenters. The number of hydrogen-bond acceptors (Lipinski definition) is 4. The molecule has 0 aromatic heterocycles. The number of carbonyl (C=O) groups is 2. The Morgan fingerprint density at radius 2 is 1.66 bits per heavy atom. The summed E-state index contributed by atoms with van der Waals surface area (Å²) in [5.74, 6) is -0.166. The van der Waals surface area contributed by atoms with E-state index in [1.165, 1.54) is 12.1 Å². The summed E-state index contributed by atoms with van der Waals surface area (Å²) in [7, 11) is 1.86. The fourth-order valence-electron chi connectivity index (χ4n) is 3.79. The van der Waals surface area contributed by atoms with Gasteiger partial charge < -0.3 is 14.5 Å². The minimum absolute atomic E-state index is 0.0677. The highest BCUT2D eigenvalue weighted by molar-refractivity contribution is 5.85. The van der Waals surface area contributed by atoms with Gasteiger partial charge in [0.1, 0.15) is 11.4 Å². The Morgan fingerprint density at radius 3 is 2.22 bits per heavy atom. The van der Waals surface area contributed by atoms with Crippen molar-refractivity contribution in [1.29, 1.82) is 0 Å². The average molecular weight is 442 g/mol. The van der Waals surface area contributed by atoms with Crippen LogP contribution in [0.2, 0.25) is 0 Å². The molecule has 0 saturated carbocycles. The largest absolute Gasteiger partial charge is 0.444 e. The molecule has 1 fully saturated rings. The smallest absolute Gasteiger partial charge is 0.412 e. The van der Waals surface area contributed by atoms with E-state index >= 15 is 0 Å². The molecule has 1 aliphatic rings. The van der Waals surface area contributed by atoms with E-state index in [1.54, 1.807) is 24.3 Å². The summed E-state index contributed by atoms with van der Waals surface area (Å²) in [6, 6.07) is 14.0. The topological polar surface area (TPSA) is 61.9 Å². The maximum absolute atomic E-state index is 13.1. The minimum Gasteiger partial charge on any atom is -0.444 e. The number of rotatable bonds is 5. The summed E-state index contributed by atoms with van der Waals surface area (Å²) >= 11 is 0. The van der Waals surface area contributed by atoms with E-state index in [2.05, 4.69) is 10.2 Å². The first kappa shape index (κ1) is 23.6.